The Morgan fingerprint density at radius 2 is 2.22 bits per heavy atom. The molecule has 4 fully saturated rings. The summed E-state index contributed by atoms with van der Waals surface area (Å²) in [7, 11) is 0. The maximum Gasteiger partial charge on any atom is 0.313 e. The van der Waals surface area contributed by atoms with E-state index in [1.54, 1.807) is 0 Å². The van der Waals surface area contributed by atoms with Gasteiger partial charge in [0.15, 0.2) is 0 Å². The molecule has 7 atom stereocenters. The van der Waals surface area contributed by atoms with E-state index < -0.39 is 22.9 Å². The minimum Gasteiger partial charge on any atom is -0.481 e. The monoisotopic (exact) mass is 314 g/mol. The van der Waals surface area contributed by atoms with Gasteiger partial charge in [-0.3, -0.25) is 9.59 Å². The summed E-state index contributed by atoms with van der Waals surface area (Å²) in [6.45, 7) is 6.15. The zero-order valence-corrected chi connectivity index (χ0v) is 13.4. The molecule has 1 saturated heterocycles. The largest absolute Gasteiger partial charge is 0.481 e. The fourth-order valence-corrected chi connectivity index (χ4v) is 7.15. The highest BCUT2D eigenvalue weighted by Gasteiger charge is 2.80. The van der Waals surface area contributed by atoms with Crippen molar-refractivity contribution in [3.63, 3.8) is 0 Å². The van der Waals surface area contributed by atoms with Crippen LogP contribution < -0.4 is 0 Å². The first kappa shape index (κ1) is 13.8. The van der Waals surface area contributed by atoms with Gasteiger partial charge in [0.25, 0.3) is 0 Å². The van der Waals surface area contributed by atoms with E-state index in [1.165, 1.54) is 5.57 Å². The second-order valence-electron chi connectivity index (χ2n) is 8.66. The molecule has 0 radical (unpaired) electrons. The van der Waals surface area contributed by atoms with Gasteiger partial charge in [-0.05, 0) is 56.4 Å². The first-order valence-electron chi connectivity index (χ1n) is 8.67. The normalized spacial score (nSPS) is 55.5. The Morgan fingerprint density at radius 3 is 2.96 bits per heavy atom. The van der Waals surface area contributed by atoms with Crippen LogP contribution in [0.25, 0.3) is 0 Å². The third-order valence-corrected chi connectivity index (χ3v) is 7.85. The van der Waals surface area contributed by atoms with E-state index in [0.29, 0.717) is 12.3 Å². The third-order valence-electron chi connectivity index (χ3n) is 7.85. The van der Waals surface area contributed by atoms with Crippen molar-refractivity contribution < 1.29 is 19.4 Å². The molecule has 5 aliphatic rings. The average molecular weight is 314 g/mol. The van der Waals surface area contributed by atoms with E-state index in [9.17, 15) is 14.7 Å². The molecular formula is C19H22O4. The quantitative estimate of drug-likeness (QED) is 0.597. The highest BCUT2D eigenvalue weighted by molar-refractivity contribution is 5.85. The molecule has 0 aromatic rings. The minimum atomic E-state index is -0.753. The van der Waals surface area contributed by atoms with E-state index in [4.69, 9.17) is 4.74 Å². The summed E-state index contributed by atoms with van der Waals surface area (Å²) in [6, 6.07) is 0. The maximum absolute atomic E-state index is 12.6. The molecule has 0 amide bonds. The molecule has 3 saturated carbocycles. The number of carboxylic acid groups (broad SMARTS) is 1. The Kier molecular flexibility index (Phi) is 2.24. The highest BCUT2D eigenvalue weighted by Crippen LogP contribution is 2.76. The van der Waals surface area contributed by atoms with Crippen molar-refractivity contribution in [2.75, 3.05) is 0 Å². The maximum atomic E-state index is 12.6. The van der Waals surface area contributed by atoms with Gasteiger partial charge in [-0.1, -0.05) is 18.2 Å². The molecule has 23 heavy (non-hydrogen) atoms. The number of carboxylic acids is 1. The molecule has 1 heterocycles. The summed E-state index contributed by atoms with van der Waals surface area (Å²) in [5.41, 5.74) is -0.441. The van der Waals surface area contributed by atoms with Crippen molar-refractivity contribution in [3.05, 3.63) is 24.3 Å². The number of ether oxygens (including phenoxy) is 1. The highest BCUT2D eigenvalue weighted by atomic mass is 16.6. The molecule has 4 bridgehead atoms. The van der Waals surface area contributed by atoms with Gasteiger partial charge in [0.2, 0.25) is 0 Å². The molecule has 122 valence electrons. The predicted molar refractivity (Wildman–Crippen MR) is 82.3 cm³/mol. The predicted octanol–water partition coefficient (Wildman–Crippen LogP) is 2.94. The van der Waals surface area contributed by atoms with Crippen LogP contribution in [-0.2, 0) is 14.3 Å². The van der Waals surface area contributed by atoms with Gasteiger partial charge in [-0.25, -0.2) is 0 Å². The zero-order valence-electron chi connectivity index (χ0n) is 13.4. The fourth-order valence-electron chi connectivity index (χ4n) is 7.15. The van der Waals surface area contributed by atoms with E-state index in [2.05, 4.69) is 12.7 Å². The molecule has 4 nitrogen and oxygen atoms in total. The van der Waals surface area contributed by atoms with Crippen molar-refractivity contribution in [2.24, 2.45) is 34.5 Å². The van der Waals surface area contributed by atoms with Crippen molar-refractivity contribution in [3.8, 4) is 0 Å². The minimum absolute atomic E-state index is 0.124. The summed E-state index contributed by atoms with van der Waals surface area (Å²) >= 11 is 0. The molecule has 1 aliphatic heterocycles. The number of fused-ring (bicyclic) bond motifs is 1. The van der Waals surface area contributed by atoms with Crippen LogP contribution in [0.2, 0.25) is 0 Å². The molecule has 4 heteroatoms. The molecule has 1 spiro atoms. The Hall–Kier alpha value is -1.58. The lowest BCUT2D eigenvalue weighted by molar-refractivity contribution is -0.158. The van der Waals surface area contributed by atoms with E-state index >= 15 is 0 Å². The zero-order chi connectivity index (χ0) is 16.2. The summed E-state index contributed by atoms with van der Waals surface area (Å²) in [5.74, 6) is -1.12. The van der Waals surface area contributed by atoms with Crippen molar-refractivity contribution in [1.82, 2.24) is 0 Å². The standard InChI is InChI=1S/C19H22O4/c1-10-8-18-9-11(10)4-5-12(18)19-7-3-6-17(2,16(22)23-19)14(19)13(18)15(20)21/h3,7,11-14H,1,4-6,8-9H2,2H3,(H,20,21)/t11?,12-,13-,14?,17-,18+,19-/m1/s1. The van der Waals surface area contributed by atoms with Crippen LogP contribution in [0.5, 0.6) is 0 Å². The van der Waals surface area contributed by atoms with Crippen molar-refractivity contribution in [1.29, 1.82) is 0 Å². The Bertz CT molecular complexity index is 693. The van der Waals surface area contributed by atoms with E-state index in [1.807, 2.05) is 13.0 Å². The Labute approximate surface area is 135 Å². The number of hydrogen-bond donors (Lipinski definition) is 1. The van der Waals surface area contributed by atoms with Gasteiger partial charge in [0.05, 0.1) is 11.3 Å². The second kappa shape index (κ2) is 3.73. The Morgan fingerprint density at radius 1 is 1.43 bits per heavy atom. The van der Waals surface area contributed by atoms with Crippen LogP contribution in [-0.4, -0.2) is 22.6 Å². The Balaban J connectivity index is 1.77. The second-order valence-corrected chi connectivity index (χ2v) is 8.66. The van der Waals surface area contributed by atoms with E-state index in [0.717, 1.165) is 25.7 Å². The van der Waals surface area contributed by atoms with E-state index in [-0.39, 0.29) is 23.2 Å². The molecule has 0 aromatic carbocycles. The van der Waals surface area contributed by atoms with Gasteiger partial charge in [0, 0.05) is 11.8 Å². The first-order chi connectivity index (χ1) is 10.9. The molecule has 1 N–H and O–H groups in total. The lowest BCUT2D eigenvalue weighted by Gasteiger charge is -2.42. The third kappa shape index (κ3) is 1.25. The molecule has 0 aromatic heterocycles. The summed E-state index contributed by atoms with van der Waals surface area (Å²) in [6.07, 6.45) is 8.38. The summed E-state index contributed by atoms with van der Waals surface area (Å²) in [5, 5.41) is 10.1. The van der Waals surface area contributed by atoms with Crippen LogP contribution in [0.15, 0.2) is 24.3 Å². The van der Waals surface area contributed by atoms with Gasteiger partial charge in [-0.15, -0.1) is 0 Å². The smallest absolute Gasteiger partial charge is 0.313 e. The number of esters is 1. The topological polar surface area (TPSA) is 63.6 Å². The molecular weight excluding hydrogens is 292 g/mol. The van der Waals surface area contributed by atoms with Gasteiger partial charge < -0.3 is 9.84 Å². The summed E-state index contributed by atoms with van der Waals surface area (Å²) < 4.78 is 6.01. The fraction of sp³-hybridized carbons (Fsp3) is 0.684. The lowest BCUT2D eigenvalue weighted by atomic mass is 9.62. The van der Waals surface area contributed by atoms with Crippen LogP contribution in [0.1, 0.15) is 39.0 Å². The molecule has 5 rings (SSSR count). The number of rotatable bonds is 1. The number of carbonyl (C=O) groups is 2. The van der Waals surface area contributed by atoms with Crippen LogP contribution in [0, 0.1) is 34.5 Å². The lowest BCUT2D eigenvalue weighted by Crippen LogP contribution is -2.44. The van der Waals surface area contributed by atoms with Crippen molar-refractivity contribution in [2.45, 2.75) is 44.6 Å². The average Bonchev–Trinajstić information content (AvgIpc) is 2.92. The molecule has 2 unspecified atom stereocenters. The van der Waals surface area contributed by atoms with Crippen molar-refractivity contribution >= 4 is 11.9 Å². The number of carbonyl (C=O) groups excluding carboxylic acids is 1. The van der Waals surface area contributed by atoms with Crippen LogP contribution in [0.4, 0.5) is 0 Å². The summed E-state index contributed by atoms with van der Waals surface area (Å²) in [4.78, 5) is 25.0. The van der Waals surface area contributed by atoms with Gasteiger partial charge in [0.1, 0.15) is 5.60 Å². The number of hydrogen-bond acceptors (Lipinski definition) is 3. The van der Waals surface area contributed by atoms with Crippen LogP contribution >= 0.6 is 0 Å². The van der Waals surface area contributed by atoms with Gasteiger partial charge in [-0.2, -0.15) is 0 Å². The van der Waals surface area contributed by atoms with Crippen LogP contribution in [0.3, 0.4) is 0 Å². The van der Waals surface area contributed by atoms with Gasteiger partial charge >= 0.3 is 11.9 Å². The number of allylic oxidation sites excluding steroid dienone is 2. The number of aliphatic carboxylic acids is 1. The molecule has 4 aliphatic carbocycles. The SMILES string of the molecule is C=C1C[C@]23CC1CC[C@H]2[C@@]12C=CC[C@@](C)(C(=O)O1)C2[C@@H]3C(=O)O. The first-order valence-corrected chi connectivity index (χ1v) is 8.67.